The zero-order chi connectivity index (χ0) is 15.8. The second-order valence-electron chi connectivity index (χ2n) is 6.27. The molecule has 0 spiro atoms. The molecule has 1 aromatic rings. The first-order valence-corrected chi connectivity index (χ1v) is 7.91. The normalized spacial score (nSPS) is 19.4. The van der Waals surface area contributed by atoms with Gasteiger partial charge in [0.2, 0.25) is 0 Å². The highest BCUT2D eigenvalue weighted by molar-refractivity contribution is 14.1. The van der Waals surface area contributed by atoms with Crippen LogP contribution in [0.1, 0.15) is 38.8 Å². The Morgan fingerprint density at radius 2 is 1.81 bits per heavy atom. The van der Waals surface area contributed by atoms with Crippen LogP contribution in [0.3, 0.4) is 0 Å². The van der Waals surface area contributed by atoms with Crippen molar-refractivity contribution in [2.75, 3.05) is 0 Å². The Balaban J connectivity index is 2.40. The standard InChI is InChI=1S/C14H19BIN3O2/c1-9-11(6-10(7-12(9)16)8-18-19-17)15-20-13(2,3)14(4,5)21-15/h6-7H,8H2,1-5H3. The highest BCUT2D eigenvalue weighted by Crippen LogP contribution is 2.37. The summed E-state index contributed by atoms with van der Waals surface area (Å²) in [5.74, 6) is 0. The van der Waals surface area contributed by atoms with Crippen LogP contribution in [0.5, 0.6) is 0 Å². The fourth-order valence-corrected chi connectivity index (χ4v) is 2.89. The van der Waals surface area contributed by atoms with Gasteiger partial charge in [-0.05, 0) is 85.4 Å². The van der Waals surface area contributed by atoms with Gasteiger partial charge in [0.25, 0.3) is 0 Å². The van der Waals surface area contributed by atoms with Gasteiger partial charge in [-0.2, -0.15) is 0 Å². The van der Waals surface area contributed by atoms with Crippen LogP contribution in [0.15, 0.2) is 17.2 Å². The molecule has 1 saturated heterocycles. The van der Waals surface area contributed by atoms with Gasteiger partial charge in [-0.15, -0.1) is 0 Å². The van der Waals surface area contributed by atoms with Crippen LogP contribution >= 0.6 is 22.6 Å². The van der Waals surface area contributed by atoms with Crippen molar-refractivity contribution in [2.24, 2.45) is 5.11 Å². The van der Waals surface area contributed by atoms with Gasteiger partial charge in [0.1, 0.15) is 0 Å². The highest BCUT2D eigenvalue weighted by Gasteiger charge is 2.52. The first-order chi connectivity index (χ1) is 9.68. The number of benzene rings is 1. The van der Waals surface area contributed by atoms with E-state index in [2.05, 4.69) is 39.5 Å². The van der Waals surface area contributed by atoms with E-state index in [1.54, 1.807) is 0 Å². The summed E-state index contributed by atoms with van der Waals surface area (Å²) in [6.07, 6.45) is 0. The van der Waals surface area contributed by atoms with E-state index in [4.69, 9.17) is 14.8 Å². The van der Waals surface area contributed by atoms with Gasteiger partial charge < -0.3 is 9.31 Å². The third-order valence-electron chi connectivity index (χ3n) is 4.27. The summed E-state index contributed by atoms with van der Waals surface area (Å²) in [5, 5.41) is 3.63. The third kappa shape index (κ3) is 3.21. The summed E-state index contributed by atoms with van der Waals surface area (Å²) in [7, 11) is -0.394. The van der Waals surface area contributed by atoms with Gasteiger partial charge in [-0.1, -0.05) is 11.2 Å². The lowest BCUT2D eigenvalue weighted by atomic mass is 9.75. The summed E-state index contributed by atoms with van der Waals surface area (Å²) in [6.45, 7) is 10.5. The van der Waals surface area contributed by atoms with Crippen molar-refractivity contribution in [3.63, 3.8) is 0 Å². The zero-order valence-corrected chi connectivity index (χ0v) is 15.1. The maximum Gasteiger partial charge on any atom is 0.495 e. The molecule has 7 heteroatoms. The lowest BCUT2D eigenvalue weighted by molar-refractivity contribution is 0.00578. The SMILES string of the molecule is Cc1c(I)cc(CN=[N+]=[N-])cc1B1OC(C)(C)C(C)(C)O1. The fourth-order valence-electron chi connectivity index (χ4n) is 2.18. The van der Waals surface area contributed by atoms with Crippen molar-refractivity contribution in [3.8, 4) is 0 Å². The Kier molecular flexibility index (Phi) is 4.59. The summed E-state index contributed by atoms with van der Waals surface area (Å²) in [4.78, 5) is 2.82. The molecule has 0 bridgehead atoms. The molecule has 1 heterocycles. The Hall–Kier alpha value is -0.755. The molecule has 0 N–H and O–H groups in total. The van der Waals surface area contributed by atoms with E-state index < -0.39 is 7.12 Å². The van der Waals surface area contributed by atoms with Crippen molar-refractivity contribution in [3.05, 3.63) is 37.3 Å². The quantitative estimate of drug-likeness (QED) is 0.256. The number of rotatable bonds is 3. The number of hydrogen-bond donors (Lipinski definition) is 0. The molecule has 0 aliphatic carbocycles. The van der Waals surface area contributed by atoms with Gasteiger partial charge in [0, 0.05) is 8.48 Å². The van der Waals surface area contributed by atoms with Crippen molar-refractivity contribution in [2.45, 2.75) is 52.4 Å². The van der Waals surface area contributed by atoms with Crippen LogP contribution in [0.25, 0.3) is 10.4 Å². The van der Waals surface area contributed by atoms with Crippen molar-refractivity contribution < 1.29 is 9.31 Å². The highest BCUT2D eigenvalue weighted by atomic mass is 127. The maximum atomic E-state index is 8.48. The average molecular weight is 399 g/mol. The van der Waals surface area contributed by atoms with Gasteiger partial charge in [-0.3, -0.25) is 0 Å². The Morgan fingerprint density at radius 1 is 1.24 bits per heavy atom. The summed E-state index contributed by atoms with van der Waals surface area (Å²) in [6, 6.07) is 4.04. The molecule has 1 aliphatic heterocycles. The molecule has 0 unspecified atom stereocenters. The van der Waals surface area contributed by atoms with Crippen LogP contribution in [-0.4, -0.2) is 18.3 Å². The van der Waals surface area contributed by atoms with E-state index in [0.717, 1.165) is 20.2 Å². The van der Waals surface area contributed by atoms with E-state index >= 15 is 0 Å². The predicted molar refractivity (Wildman–Crippen MR) is 92.5 cm³/mol. The molecule has 0 saturated carbocycles. The molecule has 0 aromatic heterocycles. The van der Waals surface area contributed by atoms with Crippen molar-refractivity contribution in [1.29, 1.82) is 0 Å². The predicted octanol–water partition coefficient (Wildman–Crippen LogP) is 3.71. The second kappa shape index (κ2) is 5.80. The molecular formula is C14H19BIN3O2. The molecule has 2 rings (SSSR count). The Morgan fingerprint density at radius 3 is 2.33 bits per heavy atom. The first-order valence-electron chi connectivity index (χ1n) is 6.83. The molecule has 112 valence electrons. The minimum Gasteiger partial charge on any atom is -0.399 e. The molecule has 0 radical (unpaired) electrons. The number of nitrogens with zero attached hydrogens (tertiary/aromatic N) is 3. The number of azide groups is 1. The first kappa shape index (κ1) is 16.6. The largest absolute Gasteiger partial charge is 0.495 e. The summed E-state index contributed by atoms with van der Waals surface area (Å²) < 4.78 is 13.3. The topological polar surface area (TPSA) is 67.2 Å². The van der Waals surface area contributed by atoms with E-state index in [0.29, 0.717) is 6.54 Å². The van der Waals surface area contributed by atoms with Crippen LogP contribution in [-0.2, 0) is 15.9 Å². The molecular weight excluding hydrogens is 380 g/mol. The maximum absolute atomic E-state index is 8.48. The minimum absolute atomic E-state index is 0.333. The minimum atomic E-state index is -0.394. The molecule has 0 atom stereocenters. The van der Waals surface area contributed by atoms with Crippen LogP contribution in [0.4, 0.5) is 0 Å². The van der Waals surface area contributed by atoms with E-state index in [-0.39, 0.29) is 11.2 Å². The molecule has 5 nitrogen and oxygen atoms in total. The smallest absolute Gasteiger partial charge is 0.399 e. The molecule has 1 aliphatic rings. The summed E-state index contributed by atoms with van der Waals surface area (Å²) >= 11 is 2.29. The lowest BCUT2D eigenvalue weighted by Crippen LogP contribution is -2.41. The molecule has 0 amide bonds. The van der Waals surface area contributed by atoms with Crippen LogP contribution in [0.2, 0.25) is 0 Å². The van der Waals surface area contributed by atoms with E-state index in [1.807, 2.05) is 39.8 Å². The fraction of sp³-hybridized carbons (Fsp3) is 0.571. The van der Waals surface area contributed by atoms with Gasteiger partial charge in [-0.25, -0.2) is 0 Å². The van der Waals surface area contributed by atoms with Crippen LogP contribution < -0.4 is 5.46 Å². The Labute approximate surface area is 139 Å². The summed E-state index contributed by atoms with van der Waals surface area (Å²) in [5.41, 5.74) is 10.9. The van der Waals surface area contributed by atoms with Gasteiger partial charge in [0.05, 0.1) is 17.7 Å². The molecule has 1 aromatic carbocycles. The average Bonchev–Trinajstić information content (AvgIpc) is 2.59. The van der Waals surface area contributed by atoms with E-state index in [1.165, 1.54) is 0 Å². The third-order valence-corrected chi connectivity index (χ3v) is 5.39. The monoisotopic (exact) mass is 399 g/mol. The van der Waals surface area contributed by atoms with Crippen LogP contribution in [0, 0.1) is 10.5 Å². The molecule has 1 fully saturated rings. The van der Waals surface area contributed by atoms with E-state index in [9.17, 15) is 0 Å². The van der Waals surface area contributed by atoms with Gasteiger partial charge in [0.15, 0.2) is 0 Å². The number of halogens is 1. The zero-order valence-electron chi connectivity index (χ0n) is 13.0. The second-order valence-corrected chi connectivity index (χ2v) is 7.43. The van der Waals surface area contributed by atoms with Crippen molar-refractivity contribution in [1.82, 2.24) is 0 Å². The van der Waals surface area contributed by atoms with Gasteiger partial charge >= 0.3 is 7.12 Å². The molecule has 21 heavy (non-hydrogen) atoms. The van der Waals surface area contributed by atoms with Crippen molar-refractivity contribution >= 4 is 35.2 Å². The lowest BCUT2D eigenvalue weighted by Gasteiger charge is -2.32. The number of hydrogen-bond acceptors (Lipinski definition) is 3. The Bertz CT molecular complexity index is 596.